The summed E-state index contributed by atoms with van der Waals surface area (Å²) in [6.45, 7) is 0. The molecular weight excluding hydrogens is 480 g/mol. The fourth-order valence-corrected chi connectivity index (χ4v) is 5.50. The third kappa shape index (κ3) is 6.80. The van der Waals surface area contributed by atoms with Crippen LogP contribution in [0.3, 0.4) is 0 Å². The number of carbonyl (C=O) groups excluding carboxylic acids is 2. The molecule has 1 aliphatic rings. The first-order valence-corrected chi connectivity index (χ1v) is 13.1. The van der Waals surface area contributed by atoms with Crippen LogP contribution in [0.5, 0.6) is 5.75 Å². The van der Waals surface area contributed by atoms with Crippen LogP contribution in [0, 0.1) is 5.92 Å². The third-order valence-corrected chi connectivity index (χ3v) is 7.67. The van der Waals surface area contributed by atoms with Crippen LogP contribution in [-0.4, -0.2) is 18.9 Å². The van der Waals surface area contributed by atoms with Gasteiger partial charge in [0.1, 0.15) is 11.0 Å². The second-order valence-corrected chi connectivity index (χ2v) is 10.2. The number of hydrogen-bond acceptors (Lipinski definition) is 4. The van der Waals surface area contributed by atoms with E-state index >= 15 is 0 Å². The molecule has 3 aromatic rings. The van der Waals surface area contributed by atoms with Gasteiger partial charge in [0.15, 0.2) is 0 Å². The maximum Gasteiger partial charge on any atom is 0.242 e. The summed E-state index contributed by atoms with van der Waals surface area (Å²) >= 11 is 7.68. The summed E-state index contributed by atoms with van der Waals surface area (Å²) in [4.78, 5) is 26.8. The molecule has 182 valence electrons. The van der Waals surface area contributed by atoms with E-state index in [1.165, 1.54) is 18.2 Å². The van der Waals surface area contributed by atoms with Crippen LogP contribution in [0.4, 0.5) is 11.4 Å². The highest BCUT2D eigenvalue weighted by atomic mass is 35.5. The third-order valence-electron chi connectivity index (χ3n) is 6.11. The SMILES string of the molecule is COc1ccc(NC(=O)C(Sc2ccc(NC(=O)C3CCCCC3)cc2)c2ccccc2)cc1Cl. The normalized spacial score (nSPS) is 14.7. The van der Waals surface area contributed by atoms with E-state index in [0.29, 0.717) is 16.5 Å². The van der Waals surface area contributed by atoms with Crippen molar-refractivity contribution in [3.63, 3.8) is 0 Å². The standard InChI is InChI=1S/C28H29ClN2O3S/c1-34-25-17-14-22(18-24(25)29)31-28(33)26(19-8-4-2-5-9-19)35-23-15-12-21(13-16-23)30-27(32)20-10-6-3-7-11-20/h2,4-5,8-9,12-18,20,26H,3,6-7,10-11H2,1H3,(H,30,32)(H,31,33). The summed E-state index contributed by atoms with van der Waals surface area (Å²) in [5, 5.41) is 5.97. The molecule has 0 radical (unpaired) electrons. The van der Waals surface area contributed by atoms with Gasteiger partial charge in [-0.15, -0.1) is 11.8 Å². The monoisotopic (exact) mass is 508 g/mol. The van der Waals surface area contributed by atoms with Gasteiger partial charge in [0.25, 0.3) is 0 Å². The number of rotatable bonds is 8. The van der Waals surface area contributed by atoms with E-state index in [1.54, 1.807) is 25.3 Å². The van der Waals surface area contributed by atoms with Gasteiger partial charge in [0.05, 0.1) is 12.1 Å². The Bertz CT molecular complexity index is 1150. The van der Waals surface area contributed by atoms with Crippen LogP contribution in [-0.2, 0) is 9.59 Å². The molecule has 1 fully saturated rings. The lowest BCUT2D eigenvalue weighted by molar-refractivity contribution is -0.120. The van der Waals surface area contributed by atoms with Gasteiger partial charge in [0, 0.05) is 22.2 Å². The Morgan fingerprint density at radius 2 is 1.60 bits per heavy atom. The first kappa shape index (κ1) is 25.1. The van der Waals surface area contributed by atoms with Gasteiger partial charge in [-0.25, -0.2) is 0 Å². The first-order valence-electron chi connectivity index (χ1n) is 11.8. The molecule has 7 heteroatoms. The Hall–Kier alpha value is -2.96. The van der Waals surface area contributed by atoms with Gasteiger partial charge in [-0.05, 0) is 60.9 Å². The number of amides is 2. The van der Waals surface area contributed by atoms with Crippen molar-refractivity contribution in [3.8, 4) is 5.75 Å². The van der Waals surface area contributed by atoms with Gasteiger partial charge >= 0.3 is 0 Å². The van der Waals surface area contributed by atoms with Gasteiger partial charge in [-0.2, -0.15) is 0 Å². The second-order valence-electron chi connectivity index (χ2n) is 8.60. The minimum absolute atomic E-state index is 0.102. The molecule has 0 bridgehead atoms. The van der Waals surface area contributed by atoms with Crippen molar-refractivity contribution in [2.45, 2.75) is 42.2 Å². The largest absolute Gasteiger partial charge is 0.495 e. The second kappa shape index (κ2) is 12.1. The zero-order chi connectivity index (χ0) is 24.6. The first-order chi connectivity index (χ1) is 17.0. The fraction of sp³-hybridized carbons (Fsp3) is 0.286. The van der Waals surface area contributed by atoms with E-state index < -0.39 is 5.25 Å². The topological polar surface area (TPSA) is 67.4 Å². The van der Waals surface area contributed by atoms with Crippen LogP contribution < -0.4 is 15.4 Å². The molecule has 4 rings (SSSR count). The van der Waals surface area contributed by atoms with Gasteiger partial charge < -0.3 is 15.4 Å². The minimum atomic E-state index is -0.472. The molecule has 35 heavy (non-hydrogen) atoms. The predicted molar refractivity (Wildman–Crippen MR) is 143 cm³/mol. The molecule has 0 spiro atoms. The molecule has 1 saturated carbocycles. The molecule has 0 aromatic heterocycles. The average Bonchev–Trinajstić information content (AvgIpc) is 2.89. The fourth-order valence-electron chi connectivity index (χ4n) is 4.21. The molecule has 1 aliphatic carbocycles. The Kier molecular flexibility index (Phi) is 8.72. The average molecular weight is 509 g/mol. The molecule has 0 heterocycles. The minimum Gasteiger partial charge on any atom is -0.495 e. The number of ether oxygens (including phenoxy) is 1. The lowest BCUT2D eigenvalue weighted by atomic mass is 9.88. The Morgan fingerprint density at radius 3 is 2.26 bits per heavy atom. The zero-order valence-electron chi connectivity index (χ0n) is 19.6. The van der Waals surface area contributed by atoms with Crippen LogP contribution in [0.15, 0.2) is 77.7 Å². The number of thioether (sulfide) groups is 1. The number of halogens is 1. The molecule has 0 aliphatic heterocycles. The smallest absolute Gasteiger partial charge is 0.242 e. The summed E-state index contributed by atoms with van der Waals surface area (Å²) in [6.07, 6.45) is 5.40. The number of hydrogen-bond donors (Lipinski definition) is 2. The number of benzene rings is 3. The number of nitrogens with one attached hydrogen (secondary N) is 2. The highest BCUT2D eigenvalue weighted by Crippen LogP contribution is 2.37. The molecule has 3 aromatic carbocycles. The summed E-state index contributed by atoms with van der Waals surface area (Å²) in [5.74, 6) is 0.603. The number of anilines is 2. The molecule has 5 nitrogen and oxygen atoms in total. The lowest BCUT2D eigenvalue weighted by Crippen LogP contribution is -2.24. The maximum absolute atomic E-state index is 13.3. The molecule has 1 atom stereocenters. The van der Waals surface area contributed by atoms with Gasteiger partial charge in [-0.1, -0.05) is 61.2 Å². The summed E-state index contributed by atoms with van der Waals surface area (Å²) in [6, 6.07) is 22.5. The van der Waals surface area contributed by atoms with Crippen molar-refractivity contribution < 1.29 is 14.3 Å². The van der Waals surface area contributed by atoms with Crippen LogP contribution in [0.25, 0.3) is 0 Å². The predicted octanol–water partition coefficient (Wildman–Crippen LogP) is 7.34. The zero-order valence-corrected chi connectivity index (χ0v) is 21.2. The summed E-state index contributed by atoms with van der Waals surface area (Å²) in [7, 11) is 1.55. The number of carbonyl (C=O) groups is 2. The molecule has 1 unspecified atom stereocenters. The van der Waals surface area contributed by atoms with Crippen LogP contribution >= 0.6 is 23.4 Å². The Labute approximate surface area is 215 Å². The maximum atomic E-state index is 13.3. The van der Waals surface area contributed by atoms with E-state index in [9.17, 15) is 9.59 Å². The molecule has 2 amide bonds. The Balaban J connectivity index is 1.46. The lowest BCUT2D eigenvalue weighted by Gasteiger charge is -2.21. The van der Waals surface area contributed by atoms with Gasteiger partial charge in [0.2, 0.25) is 11.8 Å². The molecular formula is C28H29ClN2O3S. The molecule has 0 saturated heterocycles. The summed E-state index contributed by atoms with van der Waals surface area (Å²) in [5.41, 5.74) is 2.27. The summed E-state index contributed by atoms with van der Waals surface area (Å²) < 4.78 is 5.19. The van der Waals surface area contributed by atoms with Crippen LogP contribution in [0.1, 0.15) is 42.9 Å². The van der Waals surface area contributed by atoms with Crippen molar-refractivity contribution in [2.24, 2.45) is 5.92 Å². The van der Waals surface area contributed by atoms with E-state index in [0.717, 1.165) is 41.8 Å². The highest BCUT2D eigenvalue weighted by Gasteiger charge is 2.23. The van der Waals surface area contributed by atoms with Crippen molar-refractivity contribution >= 4 is 46.6 Å². The van der Waals surface area contributed by atoms with Crippen molar-refractivity contribution in [1.82, 2.24) is 0 Å². The molecule has 2 N–H and O–H groups in total. The Morgan fingerprint density at radius 1 is 0.914 bits per heavy atom. The van der Waals surface area contributed by atoms with Crippen molar-refractivity contribution in [1.29, 1.82) is 0 Å². The van der Waals surface area contributed by atoms with E-state index in [4.69, 9.17) is 16.3 Å². The van der Waals surface area contributed by atoms with Crippen molar-refractivity contribution in [3.05, 3.63) is 83.4 Å². The van der Waals surface area contributed by atoms with E-state index in [1.807, 2.05) is 54.6 Å². The highest BCUT2D eigenvalue weighted by molar-refractivity contribution is 8.00. The quantitative estimate of drug-likeness (QED) is 0.312. The van der Waals surface area contributed by atoms with E-state index in [2.05, 4.69) is 10.6 Å². The van der Waals surface area contributed by atoms with E-state index in [-0.39, 0.29) is 17.7 Å². The van der Waals surface area contributed by atoms with Gasteiger partial charge in [-0.3, -0.25) is 9.59 Å². The van der Waals surface area contributed by atoms with Crippen LogP contribution in [0.2, 0.25) is 5.02 Å². The number of methoxy groups -OCH3 is 1. The van der Waals surface area contributed by atoms with Crippen molar-refractivity contribution in [2.75, 3.05) is 17.7 Å².